The Hall–Kier alpha value is -4.21. The van der Waals surface area contributed by atoms with Crippen molar-refractivity contribution >= 4 is 46.5 Å². The highest BCUT2D eigenvalue weighted by Crippen LogP contribution is 2.28. The zero-order chi connectivity index (χ0) is 24.4. The van der Waals surface area contributed by atoms with Gasteiger partial charge >= 0.3 is 5.97 Å². The van der Waals surface area contributed by atoms with Gasteiger partial charge in [0.15, 0.2) is 0 Å². The molecule has 2 aliphatic rings. The van der Waals surface area contributed by atoms with E-state index >= 15 is 0 Å². The second-order valence-electron chi connectivity index (χ2n) is 8.26. The summed E-state index contributed by atoms with van der Waals surface area (Å²) in [6.07, 6.45) is 0.182. The largest absolute Gasteiger partial charge is 0.469 e. The predicted octanol–water partition coefficient (Wildman–Crippen LogP) is 2.37. The number of hydrogen-bond donors (Lipinski definition) is 2. The number of rotatable bonds is 5. The van der Waals surface area contributed by atoms with Crippen molar-refractivity contribution in [1.82, 2.24) is 4.90 Å². The molecule has 2 aliphatic heterocycles. The molecule has 2 heterocycles. The highest BCUT2D eigenvalue weighted by atomic mass is 16.5. The lowest BCUT2D eigenvalue weighted by Gasteiger charge is -2.19. The molecule has 4 rings (SSSR count). The van der Waals surface area contributed by atoms with Gasteiger partial charge in [0.1, 0.15) is 6.04 Å². The highest BCUT2D eigenvalue weighted by Gasteiger charge is 2.29. The van der Waals surface area contributed by atoms with E-state index in [4.69, 9.17) is 4.74 Å². The van der Waals surface area contributed by atoms with Gasteiger partial charge in [0, 0.05) is 36.2 Å². The fraction of sp³-hybridized carbons (Fsp3) is 0.292. The van der Waals surface area contributed by atoms with Crippen LogP contribution >= 0.6 is 0 Å². The number of hydrogen-bond acceptors (Lipinski definition) is 7. The van der Waals surface area contributed by atoms with Gasteiger partial charge in [0.2, 0.25) is 5.91 Å². The summed E-state index contributed by atoms with van der Waals surface area (Å²) in [5.41, 5.74) is 3.79. The SMILES string of the molecule is COC(=O)CC1Nc2cc(NC(=O)c3ccc(N4N=C(C)CC4=O)cc3)ccc2CN(C)C1=O. The van der Waals surface area contributed by atoms with Crippen LogP contribution in [-0.4, -0.2) is 54.5 Å². The first-order valence-electron chi connectivity index (χ1n) is 10.7. The third-order valence-electron chi connectivity index (χ3n) is 5.67. The monoisotopic (exact) mass is 463 g/mol. The maximum atomic E-state index is 12.8. The predicted molar refractivity (Wildman–Crippen MR) is 127 cm³/mol. The Morgan fingerprint density at radius 1 is 1.18 bits per heavy atom. The van der Waals surface area contributed by atoms with E-state index in [1.165, 1.54) is 12.1 Å². The lowest BCUT2D eigenvalue weighted by atomic mass is 10.1. The van der Waals surface area contributed by atoms with Gasteiger partial charge in [-0.3, -0.25) is 19.2 Å². The summed E-state index contributed by atoms with van der Waals surface area (Å²) in [6.45, 7) is 2.16. The van der Waals surface area contributed by atoms with Gasteiger partial charge < -0.3 is 20.3 Å². The highest BCUT2D eigenvalue weighted by molar-refractivity contribution is 6.12. The average Bonchev–Trinajstić information content (AvgIpc) is 3.11. The van der Waals surface area contributed by atoms with E-state index in [-0.39, 0.29) is 30.6 Å². The fourth-order valence-electron chi connectivity index (χ4n) is 3.88. The number of benzene rings is 2. The van der Waals surface area contributed by atoms with Crippen LogP contribution in [-0.2, 0) is 25.7 Å². The van der Waals surface area contributed by atoms with Crippen LogP contribution in [0.2, 0.25) is 0 Å². The quantitative estimate of drug-likeness (QED) is 0.657. The fourth-order valence-corrected chi connectivity index (χ4v) is 3.88. The summed E-state index contributed by atoms with van der Waals surface area (Å²) in [5.74, 6) is -1.15. The first kappa shape index (κ1) is 23.0. The van der Waals surface area contributed by atoms with Gasteiger partial charge in [-0.15, -0.1) is 0 Å². The number of nitrogens with one attached hydrogen (secondary N) is 2. The molecule has 1 atom stereocenters. The van der Waals surface area contributed by atoms with Crippen molar-refractivity contribution in [1.29, 1.82) is 0 Å². The summed E-state index contributed by atoms with van der Waals surface area (Å²) in [6, 6.07) is 11.1. The molecule has 2 aromatic carbocycles. The zero-order valence-corrected chi connectivity index (χ0v) is 19.1. The van der Waals surface area contributed by atoms with Gasteiger partial charge in [-0.25, -0.2) is 5.01 Å². The number of nitrogens with zero attached hydrogens (tertiary/aromatic N) is 3. The van der Waals surface area contributed by atoms with E-state index in [0.29, 0.717) is 29.2 Å². The van der Waals surface area contributed by atoms with Crippen LogP contribution in [0.25, 0.3) is 0 Å². The van der Waals surface area contributed by atoms with Gasteiger partial charge in [0.05, 0.1) is 25.6 Å². The summed E-state index contributed by atoms with van der Waals surface area (Å²) < 4.78 is 4.71. The molecular formula is C24H25N5O5. The molecule has 2 aromatic rings. The number of amides is 3. The molecule has 0 fully saturated rings. The molecule has 10 nitrogen and oxygen atoms in total. The summed E-state index contributed by atoms with van der Waals surface area (Å²) in [4.78, 5) is 50.7. The molecule has 0 saturated carbocycles. The lowest BCUT2D eigenvalue weighted by molar-refractivity contribution is -0.143. The summed E-state index contributed by atoms with van der Waals surface area (Å²) in [7, 11) is 2.95. The number of anilines is 3. The molecule has 34 heavy (non-hydrogen) atoms. The number of carbonyl (C=O) groups is 4. The van der Waals surface area contributed by atoms with Gasteiger partial charge in [0.25, 0.3) is 11.8 Å². The van der Waals surface area contributed by atoms with Crippen molar-refractivity contribution < 1.29 is 23.9 Å². The molecule has 0 radical (unpaired) electrons. The van der Waals surface area contributed by atoms with Crippen LogP contribution in [0.3, 0.4) is 0 Å². The third-order valence-corrected chi connectivity index (χ3v) is 5.67. The van der Waals surface area contributed by atoms with E-state index in [1.54, 1.807) is 55.3 Å². The molecule has 0 saturated heterocycles. The minimum absolute atomic E-state index is 0.106. The Morgan fingerprint density at radius 2 is 1.91 bits per heavy atom. The molecule has 10 heteroatoms. The first-order chi connectivity index (χ1) is 16.2. The van der Waals surface area contributed by atoms with Crippen molar-refractivity contribution in [2.45, 2.75) is 32.4 Å². The van der Waals surface area contributed by atoms with Crippen LogP contribution in [0, 0.1) is 0 Å². The molecule has 0 aliphatic carbocycles. The number of carbonyl (C=O) groups excluding carboxylic acids is 4. The molecule has 0 spiro atoms. The smallest absolute Gasteiger partial charge is 0.308 e. The van der Waals surface area contributed by atoms with E-state index in [1.807, 2.05) is 6.07 Å². The Balaban J connectivity index is 1.49. The van der Waals surface area contributed by atoms with Crippen molar-refractivity contribution in [3.63, 3.8) is 0 Å². The minimum atomic E-state index is -0.767. The van der Waals surface area contributed by atoms with Crippen LogP contribution in [0.4, 0.5) is 17.1 Å². The maximum absolute atomic E-state index is 12.8. The van der Waals surface area contributed by atoms with Crippen LogP contribution in [0.15, 0.2) is 47.6 Å². The Kier molecular flexibility index (Phi) is 6.31. The number of ether oxygens (including phenoxy) is 1. The van der Waals surface area contributed by atoms with Gasteiger partial charge in [-0.2, -0.15) is 5.10 Å². The topological polar surface area (TPSA) is 120 Å². The van der Waals surface area contributed by atoms with Gasteiger partial charge in [-0.05, 0) is 48.9 Å². The number of fused-ring (bicyclic) bond motifs is 1. The van der Waals surface area contributed by atoms with Crippen LogP contribution < -0.4 is 15.6 Å². The molecular weight excluding hydrogens is 438 g/mol. The molecule has 176 valence electrons. The van der Waals surface area contributed by atoms with Crippen molar-refractivity contribution in [2.24, 2.45) is 5.10 Å². The molecule has 3 amide bonds. The van der Waals surface area contributed by atoms with Gasteiger partial charge in [-0.1, -0.05) is 6.07 Å². The summed E-state index contributed by atoms with van der Waals surface area (Å²) in [5, 5.41) is 11.5. The lowest BCUT2D eigenvalue weighted by Crippen LogP contribution is -2.39. The molecule has 0 bridgehead atoms. The average molecular weight is 463 g/mol. The summed E-state index contributed by atoms with van der Waals surface area (Å²) >= 11 is 0. The minimum Gasteiger partial charge on any atom is -0.469 e. The Morgan fingerprint density at radius 3 is 2.56 bits per heavy atom. The third kappa shape index (κ3) is 4.75. The normalized spacial score (nSPS) is 17.5. The molecule has 1 unspecified atom stereocenters. The van der Waals surface area contributed by atoms with E-state index < -0.39 is 12.0 Å². The molecule has 2 N–H and O–H groups in total. The first-order valence-corrected chi connectivity index (χ1v) is 10.7. The number of likely N-dealkylation sites (N-methyl/N-ethyl adjacent to an activating group) is 1. The zero-order valence-electron chi connectivity index (χ0n) is 19.1. The maximum Gasteiger partial charge on any atom is 0.308 e. The number of esters is 1. The second kappa shape index (κ2) is 9.34. The number of methoxy groups -OCH3 is 1. The Bertz CT molecular complexity index is 1190. The van der Waals surface area contributed by atoms with Crippen LogP contribution in [0.5, 0.6) is 0 Å². The van der Waals surface area contributed by atoms with Crippen molar-refractivity contribution in [3.8, 4) is 0 Å². The standard InChI is InChI=1S/C24H25N5O5/c1-14-10-21(30)29(27-14)18-8-5-15(6-9-18)23(32)25-17-7-4-16-13-28(2)24(33)20(12-22(31)34-3)26-19(16)11-17/h4-9,11,20,26H,10,12-13H2,1-3H3,(H,25,32). The van der Waals surface area contributed by atoms with Crippen LogP contribution in [0.1, 0.15) is 35.7 Å². The van der Waals surface area contributed by atoms with E-state index in [0.717, 1.165) is 11.3 Å². The molecule has 0 aromatic heterocycles. The van der Waals surface area contributed by atoms with Crippen molar-refractivity contribution in [2.75, 3.05) is 29.8 Å². The second-order valence-corrected chi connectivity index (χ2v) is 8.26. The van der Waals surface area contributed by atoms with E-state index in [2.05, 4.69) is 15.7 Å². The Labute approximate surface area is 196 Å². The van der Waals surface area contributed by atoms with E-state index in [9.17, 15) is 19.2 Å². The van der Waals surface area contributed by atoms with Crippen molar-refractivity contribution in [3.05, 3.63) is 53.6 Å². The number of hydrazone groups is 1.